The lowest BCUT2D eigenvalue weighted by Crippen LogP contribution is -2.41. The van der Waals surface area contributed by atoms with E-state index in [1.165, 1.54) is 0 Å². The number of hydrogen-bond acceptors (Lipinski definition) is 6. The molecule has 0 aliphatic carbocycles. The molecule has 0 unspecified atom stereocenters. The van der Waals surface area contributed by atoms with Crippen LogP contribution in [0.3, 0.4) is 0 Å². The van der Waals surface area contributed by atoms with Crippen molar-refractivity contribution in [2.24, 2.45) is 7.05 Å². The first-order chi connectivity index (χ1) is 15.5. The summed E-state index contributed by atoms with van der Waals surface area (Å²) in [5, 5.41) is 4.77. The van der Waals surface area contributed by atoms with Crippen molar-refractivity contribution in [3.05, 3.63) is 66.2 Å². The summed E-state index contributed by atoms with van der Waals surface area (Å²) in [6, 6.07) is 14.9. The van der Waals surface area contributed by atoms with E-state index in [4.69, 9.17) is 9.26 Å². The van der Waals surface area contributed by atoms with Crippen LogP contribution < -0.4 is 15.6 Å². The lowest BCUT2D eigenvalue weighted by molar-refractivity contribution is -0.121. The van der Waals surface area contributed by atoms with Gasteiger partial charge < -0.3 is 13.8 Å². The number of carbonyl (C=O) groups is 2. The van der Waals surface area contributed by atoms with Crippen LogP contribution in [0.15, 0.2) is 59.3 Å². The molecule has 2 heterocycles. The maximum absolute atomic E-state index is 12.5. The van der Waals surface area contributed by atoms with Crippen LogP contribution in [0, 0.1) is 0 Å². The summed E-state index contributed by atoms with van der Waals surface area (Å²) in [6.45, 7) is 2.51. The summed E-state index contributed by atoms with van der Waals surface area (Å²) < 4.78 is 12.5. The number of aromatic nitrogens is 3. The Hall–Kier alpha value is -4.14. The van der Waals surface area contributed by atoms with E-state index in [2.05, 4.69) is 21.0 Å². The van der Waals surface area contributed by atoms with Gasteiger partial charge in [-0.3, -0.25) is 20.4 Å². The predicted molar refractivity (Wildman–Crippen MR) is 118 cm³/mol. The first-order valence-electron chi connectivity index (χ1n) is 10.2. The second-order valence-electron chi connectivity index (χ2n) is 7.14. The van der Waals surface area contributed by atoms with Crippen molar-refractivity contribution >= 4 is 22.7 Å². The molecular formula is C23H23N5O4. The van der Waals surface area contributed by atoms with E-state index in [9.17, 15) is 9.59 Å². The Morgan fingerprint density at radius 1 is 1.09 bits per heavy atom. The highest BCUT2D eigenvalue weighted by molar-refractivity contribution is 6.07. The Morgan fingerprint density at radius 2 is 1.88 bits per heavy atom. The number of hydrazine groups is 1. The van der Waals surface area contributed by atoms with Crippen LogP contribution in [-0.4, -0.2) is 33.1 Å². The molecule has 0 spiro atoms. The van der Waals surface area contributed by atoms with Crippen molar-refractivity contribution in [1.82, 2.24) is 25.6 Å². The van der Waals surface area contributed by atoms with Gasteiger partial charge in [-0.2, -0.15) is 4.98 Å². The Kier molecular flexibility index (Phi) is 6.16. The number of fused-ring (bicyclic) bond motifs is 1. The van der Waals surface area contributed by atoms with E-state index in [1.54, 1.807) is 6.20 Å². The molecule has 0 saturated heterocycles. The minimum atomic E-state index is -0.384. The molecule has 2 N–H and O–H groups in total. The van der Waals surface area contributed by atoms with Crippen LogP contribution in [0.25, 0.3) is 22.3 Å². The minimum Gasteiger partial charge on any atom is -0.494 e. The number of nitrogens with zero attached hydrogens (tertiary/aromatic N) is 3. The fourth-order valence-corrected chi connectivity index (χ4v) is 3.34. The zero-order chi connectivity index (χ0) is 22.5. The molecule has 9 heteroatoms. The van der Waals surface area contributed by atoms with E-state index in [-0.39, 0.29) is 24.7 Å². The zero-order valence-corrected chi connectivity index (χ0v) is 17.8. The molecule has 0 saturated carbocycles. The summed E-state index contributed by atoms with van der Waals surface area (Å²) in [7, 11) is 1.86. The van der Waals surface area contributed by atoms with Crippen LogP contribution >= 0.6 is 0 Å². The number of amides is 2. The second kappa shape index (κ2) is 9.34. The molecule has 32 heavy (non-hydrogen) atoms. The van der Waals surface area contributed by atoms with Crippen molar-refractivity contribution < 1.29 is 18.8 Å². The lowest BCUT2D eigenvalue weighted by Gasteiger charge is -2.06. The molecule has 2 amide bonds. The molecule has 0 atom stereocenters. The number of carbonyl (C=O) groups excluding carboxylic acids is 2. The SMILES string of the molecule is CCOc1ccc(-c2noc(CCC(=O)NNC(=O)c3cn(C)c4ccccc34)n2)cc1. The van der Waals surface area contributed by atoms with Crippen LogP contribution in [-0.2, 0) is 18.3 Å². The standard InChI is InChI=1S/C23H23N5O4/c1-3-31-16-10-8-15(9-11-16)22-24-21(32-27-22)13-12-20(29)25-26-23(30)18-14-28(2)19-7-5-4-6-17(18)19/h4-11,14H,3,12-13H2,1-2H3,(H,25,29)(H,26,30). The highest BCUT2D eigenvalue weighted by Gasteiger charge is 2.15. The van der Waals surface area contributed by atoms with Crippen molar-refractivity contribution in [2.75, 3.05) is 6.61 Å². The van der Waals surface area contributed by atoms with Gasteiger partial charge in [0.1, 0.15) is 5.75 Å². The third-order valence-electron chi connectivity index (χ3n) is 4.91. The van der Waals surface area contributed by atoms with Gasteiger partial charge in [0.2, 0.25) is 17.6 Å². The molecule has 2 aromatic heterocycles. The maximum Gasteiger partial charge on any atom is 0.271 e. The molecular weight excluding hydrogens is 410 g/mol. The molecule has 4 rings (SSSR count). The Balaban J connectivity index is 1.29. The smallest absolute Gasteiger partial charge is 0.271 e. The highest BCUT2D eigenvalue weighted by atomic mass is 16.5. The van der Waals surface area contributed by atoms with Crippen LogP contribution in [0.2, 0.25) is 0 Å². The lowest BCUT2D eigenvalue weighted by atomic mass is 10.2. The van der Waals surface area contributed by atoms with Gasteiger partial charge in [0.15, 0.2) is 0 Å². The van der Waals surface area contributed by atoms with E-state index in [1.807, 2.05) is 67.1 Å². The number of ether oxygens (including phenoxy) is 1. The Bertz CT molecular complexity index is 1240. The fourth-order valence-electron chi connectivity index (χ4n) is 3.34. The number of rotatable bonds is 7. The number of hydrogen-bond donors (Lipinski definition) is 2. The van der Waals surface area contributed by atoms with Crippen molar-refractivity contribution in [3.63, 3.8) is 0 Å². The van der Waals surface area contributed by atoms with Gasteiger partial charge >= 0.3 is 0 Å². The van der Waals surface area contributed by atoms with Crippen molar-refractivity contribution in [1.29, 1.82) is 0 Å². The molecule has 0 aliphatic rings. The number of nitrogens with one attached hydrogen (secondary N) is 2. The maximum atomic E-state index is 12.5. The van der Waals surface area contributed by atoms with Gasteiger partial charge in [-0.1, -0.05) is 23.4 Å². The Labute approximate surface area is 184 Å². The molecule has 0 radical (unpaired) electrons. The van der Waals surface area contributed by atoms with Gasteiger partial charge in [-0.15, -0.1) is 0 Å². The Morgan fingerprint density at radius 3 is 2.66 bits per heavy atom. The molecule has 0 aliphatic heterocycles. The van der Waals surface area contributed by atoms with E-state index >= 15 is 0 Å². The van der Waals surface area contributed by atoms with Crippen molar-refractivity contribution in [2.45, 2.75) is 19.8 Å². The van der Waals surface area contributed by atoms with E-state index < -0.39 is 0 Å². The second-order valence-corrected chi connectivity index (χ2v) is 7.14. The topological polar surface area (TPSA) is 111 Å². The minimum absolute atomic E-state index is 0.0841. The summed E-state index contributed by atoms with van der Waals surface area (Å²) in [4.78, 5) is 29.0. The van der Waals surface area contributed by atoms with Crippen LogP contribution in [0.5, 0.6) is 5.75 Å². The van der Waals surface area contributed by atoms with E-state index in [0.717, 1.165) is 22.2 Å². The highest BCUT2D eigenvalue weighted by Crippen LogP contribution is 2.21. The quantitative estimate of drug-likeness (QED) is 0.434. The fraction of sp³-hybridized carbons (Fsp3) is 0.217. The van der Waals surface area contributed by atoms with E-state index in [0.29, 0.717) is 23.9 Å². The first kappa shape index (κ1) is 21.1. The monoisotopic (exact) mass is 433 g/mol. The largest absolute Gasteiger partial charge is 0.494 e. The van der Waals surface area contributed by atoms with Gasteiger partial charge in [0.25, 0.3) is 5.91 Å². The summed E-state index contributed by atoms with van der Waals surface area (Å²) >= 11 is 0. The summed E-state index contributed by atoms with van der Waals surface area (Å²) in [6.07, 6.45) is 2.06. The summed E-state index contributed by atoms with van der Waals surface area (Å²) in [5.41, 5.74) is 7.09. The molecule has 4 aromatic rings. The summed E-state index contributed by atoms with van der Waals surface area (Å²) in [5.74, 6) is 0.796. The molecule has 164 valence electrons. The van der Waals surface area contributed by atoms with Gasteiger partial charge in [0, 0.05) is 42.6 Å². The number of benzene rings is 2. The van der Waals surface area contributed by atoms with Crippen molar-refractivity contribution in [3.8, 4) is 17.1 Å². The molecule has 9 nitrogen and oxygen atoms in total. The third kappa shape index (κ3) is 4.61. The molecule has 0 fully saturated rings. The van der Waals surface area contributed by atoms with Crippen LogP contribution in [0.4, 0.5) is 0 Å². The number of para-hydroxylation sites is 1. The third-order valence-corrected chi connectivity index (χ3v) is 4.91. The first-order valence-corrected chi connectivity index (χ1v) is 10.2. The average molecular weight is 433 g/mol. The molecule has 2 aromatic carbocycles. The molecule has 0 bridgehead atoms. The normalized spacial score (nSPS) is 10.8. The number of aryl methyl sites for hydroxylation is 2. The average Bonchev–Trinajstić information content (AvgIpc) is 3.42. The van der Waals surface area contributed by atoms with Gasteiger partial charge in [-0.05, 0) is 37.3 Å². The van der Waals surface area contributed by atoms with Gasteiger partial charge in [0.05, 0.1) is 12.2 Å². The zero-order valence-electron chi connectivity index (χ0n) is 17.8. The van der Waals surface area contributed by atoms with Crippen LogP contribution in [0.1, 0.15) is 29.6 Å². The van der Waals surface area contributed by atoms with Gasteiger partial charge in [-0.25, -0.2) is 0 Å². The predicted octanol–water partition coefficient (Wildman–Crippen LogP) is 3.02.